The maximum absolute atomic E-state index is 11.9. The minimum absolute atomic E-state index is 0.0926. The predicted molar refractivity (Wildman–Crippen MR) is 129 cm³/mol. The van der Waals surface area contributed by atoms with Crippen LogP contribution in [-0.4, -0.2) is 22.8 Å². The molecule has 1 aromatic heterocycles. The molecule has 0 aliphatic heterocycles. The van der Waals surface area contributed by atoms with Crippen molar-refractivity contribution in [1.29, 1.82) is 0 Å². The zero-order chi connectivity index (χ0) is 23.2. The molecule has 0 radical (unpaired) electrons. The summed E-state index contributed by atoms with van der Waals surface area (Å²) in [5.41, 5.74) is 4.39. The van der Waals surface area contributed by atoms with Gasteiger partial charge in [-0.2, -0.15) is 0 Å². The molecule has 0 amide bonds. The van der Waals surface area contributed by atoms with Crippen molar-refractivity contribution in [2.24, 2.45) is 5.92 Å². The molecule has 33 heavy (non-hydrogen) atoms. The lowest BCUT2D eigenvalue weighted by Gasteiger charge is -2.24. The summed E-state index contributed by atoms with van der Waals surface area (Å²) in [6.07, 6.45) is 0. The molecule has 1 N–H and O–H groups in total. The average molecular weight is 442 g/mol. The van der Waals surface area contributed by atoms with Crippen molar-refractivity contribution in [2.75, 3.05) is 11.9 Å². The van der Waals surface area contributed by atoms with E-state index in [1.807, 2.05) is 54.6 Å². The Hall–Kier alpha value is -3.93. The van der Waals surface area contributed by atoms with Gasteiger partial charge in [-0.3, -0.25) is 0 Å². The summed E-state index contributed by atoms with van der Waals surface area (Å²) in [4.78, 5) is 11.9. The summed E-state index contributed by atoms with van der Waals surface area (Å²) in [5, 5.41) is 12.0. The van der Waals surface area contributed by atoms with Gasteiger partial charge in [0, 0.05) is 16.8 Å². The van der Waals surface area contributed by atoms with Crippen molar-refractivity contribution < 1.29 is 13.9 Å². The number of hydrogen-bond donors (Lipinski definition) is 1. The zero-order valence-corrected chi connectivity index (χ0v) is 19.0. The van der Waals surface area contributed by atoms with Gasteiger partial charge < -0.3 is 14.5 Å². The van der Waals surface area contributed by atoms with Crippen LogP contribution in [-0.2, 0) is 4.74 Å². The van der Waals surface area contributed by atoms with Crippen LogP contribution < -0.4 is 5.32 Å². The van der Waals surface area contributed by atoms with Crippen LogP contribution in [0, 0.1) is 5.92 Å². The minimum atomic E-state index is -0.309. The first kappa shape index (κ1) is 22.3. The standard InChI is InChI=1S/C27H27N3O3/c1-4-32-27(31)22-14-16-23(17-15-22)28-24(18(2)3)19-10-12-21(13-11-19)26-30-29-25(33-26)20-8-6-5-7-9-20/h5-18,24,28H,4H2,1-3H3/t24-/m0/s1. The Labute approximate surface area is 193 Å². The highest BCUT2D eigenvalue weighted by molar-refractivity contribution is 5.89. The quantitative estimate of drug-likeness (QED) is 0.319. The molecule has 3 aromatic carbocycles. The van der Waals surface area contributed by atoms with E-state index >= 15 is 0 Å². The van der Waals surface area contributed by atoms with E-state index in [2.05, 4.69) is 41.5 Å². The van der Waals surface area contributed by atoms with Crippen LogP contribution in [0.5, 0.6) is 0 Å². The Bertz CT molecular complexity index is 1180. The fourth-order valence-electron chi connectivity index (χ4n) is 3.60. The Morgan fingerprint density at radius 2 is 1.48 bits per heavy atom. The number of carbonyl (C=O) groups excluding carboxylic acids is 1. The van der Waals surface area contributed by atoms with Crippen LogP contribution in [0.1, 0.15) is 42.7 Å². The number of anilines is 1. The Morgan fingerprint density at radius 3 is 2.06 bits per heavy atom. The van der Waals surface area contributed by atoms with E-state index in [9.17, 15) is 4.79 Å². The lowest BCUT2D eigenvalue weighted by molar-refractivity contribution is 0.0526. The molecule has 0 bridgehead atoms. The molecule has 4 rings (SSSR count). The summed E-state index contributed by atoms with van der Waals surface area (Å²) in [5.74, 6) is 1.02. The highest BCUT2D eigenvalue weighted by atomic mass is 16.5. The number of nitrogens with one attached hydrogen (secondary N) is 1. The van der Waals surface area contributed by atoms with Crippen molar-refractivity contribution in [3.8, 4) is 22.9 Å². The molecule has 6 heteroatoms. The lowest BCUT2D eigenvalue weighted by Crippen LogP contribution is -2.17. The number of benzene rings is 3. The van der Waals surface area contributed by atoms with Gasteiger partial charge in [-0.15, -0.1) is 10.2 Å². The molecule has 0 aliphatic carbocycles. The van der Waals surface area contributed by atoms with Crippen molar-refractivity contribution in [1.82, 2.24) is 10.2 Å². The molecule has 6 nitrogen and oxygen atoms in total. The summed E-state index contributed by atoms with van der Waals surface area (Å²) in [6, 6.07) is 25.3. The number of carbonyl (C=O) groups is 1. The van der Waals surface area contributed by atoms with E-state index in [-0.39, 0.29) is 12.0 Å². The van der Waals surface area contributed by atoms with E-state index in [1.54, 1.807) is 19.1 Å². The van der Waals surface area contributed by atoms with Crippen LogP contribution >= 0.6 is 0 Å². The van der Waals surface area contributed by atoms with Gasteiger partial charge >= 0.3 is 5.97 Å². The molecule has 0 aliphatic rings. The largest absolute Gasteiger partial charge is 0.462 e. The van der Waals surface area contributed by atoms with E-state index in [1.165, 1.54) is 0 Å². The molecule has 0 saturated carbocycles. The van der Waals surface area contributed by atoms with Gasteiger partial charge in [0.2, 0.25) is 11.8 Å². The van der Waals surface area contributed by atoms with Gasteiger partial charge in [-0.25, -0.2) is 4.79 Å². The first-order valence-corrected chi connectivity index (χ1v) is 11.1. The minimum Gasteiger partial charge on any atom is -0.462 e. The molecule has 0 saturated heterocycles. The normalized spacial score (nSPS) is 11.9. The SMILES string of the molecule is CCOC(=O)c1ccc(N[C@H](c2ccc(-c3nnc(-c4ccccc4)o3)cc2)C(C)C)cc1. The molecule has 0 fully saturated rings. The Balaban J connectivity index is 1.49. The maximum Gasteiger partial charge on any atom is 0.338 e. The number of rotatable bonds is 8. The molecule has 0 spiro atoms. The second kappa shape index (κ2) is 10.1. The highest BCUT2D eigenvalue weighted by Gasteiger charge is 2.17. The fraction of sp³-hybridized carbons (Fsp3) is 0.222. The summed E-state index contributed by atoms with van der Waals surface area (Å²) >= 11 is 0. The van der Waals surface area contributed by atoms with Crippen LogP contribution in [0.4, 0.5) is 5.69 Å². The third-order valence-electron chi connectivity index (χ3n) is 5.35. The molecule has 4 aromatic rings. The number of ether oxygens (including phenoxy) is 1. The topological polar surface area (TPSA) is 77.2 Å². The fourth-order valence-corrected chi connectivity index (χ4v) is 3.60. The maximum atomic E-state index is 11.9. The van der Waals surface area contributed by atoms with Crippen molar-refractivity contribution in [3.05, 3.63) is 90.0 Å². The molecular formula is C27H27N3O3. The van der Waals surface area contributed by atoms with Crippen molar-refractivity contribution in [3.63, 3.8) is 0 Å². The highest BCUT2D eigenvalue weighted by Crippen LogP contribution is 2.29. The number of hydrogen-bond acceptors (Lipinski definition) is 6. The number of nitrogens with zero attached hydrogens (tertiary/aromatic N) is 2. The number of esters is 1. The van der Waals surface area contributed by atoms with Gasteiger partial charge in [-0.05, 0) is 66.9 Å². The van der Waals surface area contributed by atoms with Crippen molar-refractivity contribution >= 4 is 11.7 Å². The van der Waals surface area contributed by atoms with Crippen LogP contribution in [0.25, 0.3) is 22.9 Å². The molecule has 1 heterocycles. The monoisotopic (exact) mass is 441 g/mol. The first-order valence-electron chi connectivity index (χ1n) is 11.1. The number of aromatic nitrogens is 2. The second-order valence-electron chi connectivity index (χ2n) is 8.06. The van der Waals surface area contributed by atoms with Crippen LogP contribution in [0.2, 0.25) is 0 Å². The Morgan fingerprint density at radius 1 is 0.879 bits per heavy atom. The van der Waals surface area contributed by atoms with E-state index in [0.29, 0.717) is 29.9 Å². The van der Waals surface area contributed by atoms with E-state index < -0.39 is 0 Å². The summed E-state index contributed by atoms with van der Waals surface area (Å²) in [7, 11) is 0. The Kier molecular flexibility index (Phi) is 6.83. The van der Waals surface area contributed by atoms with Gasteiger partial charge in [0.05, 0.1) is 18.2 Å². The molecular weight excluding hydrogens is 414 g/mol. The van der Waals surface area contributed by atoms with Gasteiger partial charge in [0.1, 0.15) is 0 Å². The molecule has 168 valence electrons. The lowest BCUT2D eigenvalue weighted by atomic mass is 9.94. The smallest absolute Gasteiger partial charge is 0.338 e. The van der Waals surface area contributed by atoms with Gasteiger partial charge in [0.15, 0.2) is 0 Å². The average Bonchev–Trinajstić information content (AvgIpc) is 3.34. The van der Waals surface area contributed by atoms with Crippen LogP contribution in [0.15, 0.2) is 83.3 Å². The predicted octanol–water partition coefficient (Wildman–Crippen LogP) is 6.39. The van der Waals surface area contributed by atoms with Gasteiger partial charge in [-0.1, -0.05) is 44.2 Å². The van der Waals surface area contributed by atoms with Gasteiger partial charge in [0.25, 0.3) is 0 Å². The van der Waals surface area contributed by atoms with E-state index in [0.717, 1.165) is 22.4 Å². The van der Waals surface area contributed by atoms with Crippen LogP contribution in [0.3, 0.4) is 0 Å². The second-order valence-corrected chi connectivity index (χ2v) is 8.06. The molecule has 1 atom stereocenters. The third kappa shape index (κ3) is 5.29. The van der Waals surface area contributed by atoms with E-state index in [4.69, 9.17) is 9.15 Å². The summed E-state index contributed by atoms with van der Waals surface area (Å²) in [6.45, 7) is 6.50. The van der Waals surface area contributed by atoms with Crippen molar-refractivity contribution in [2.45, 2.75) is 26.8 Å². The summed E-state index contributed by atoms with van der Waals surface area (Å²) < 4.78 is 10.9. The molecule has 0 unspecified atom stereocenters. The first-order chi connectivity index (χ1) is 16.0. The third-order valence-corrected chi connectivity index (χ3v) is 5.35. The zero-order valence-electron chi connectivity index (χ0n) is 19.0.